The van der Waals surface area contributed by atoms with E-state index in [4.69, 9.17) is 5.11 Å². The van der Waals surface area contributed by atoms with Crippen LogP contribution >= 0.6 is 0 Å². The van der Waals surface area contributed by atoms with Gasteiger partial charge in [-0.1, -0.05) is 26.0 Å². The summed E-state index contributed by atoms with van der Waals surface area (Å²) in [5.74, 6) is -1.10. The highest BCUT2D eigenvalue weighted by Gasteiger charge is 2.18. The maximum Gasteiger partial charge on any atom is 0.307 e. The molecule has 1 aromatic rings. The number of benzene rings is 1. The van der Waals surface area contributed by atoms with E-state index in [-0.39, 0.29) is 5.82 Å². The second-order valence-corrected chi connectivity index (χ2v) is 4.93. The molecular weight excluding hydrogens is 233 g/mol. The van der Waals surface area contributed by atoms with Crippen LogP contribution in [0, 0.1) is 17.7 Å². The van der Waals surface area contributed by atoms with Crippen molar-refractivity contribution in [1.29, 1.82) is 0 Å². The number of hydrogen-bond acceptors (Lipinski definition) is 2. The van der Waals surface area contributed by atoms with Gasteiger partial charge in [0.1, 0.15) is 5.82 Å². The smallest absolute Gasteiger partial charge is 0.307 e. The van der Waals surface area contributed by atoms with Crippen molar-refractivity contribution in [2.45, 2.75) is 26.8 Å². The minimum atomic E-state index is -0.782. The summed E-state index contributed by atoms with van der Waals surface area (Å²) in [7, 11) is 0. The Kier molecular flexibility index (Phi) is 5.78. The normalized spacial score (nSPS) is 12.7. The monoisotopic (exact) mass is 253 g/mol. The van der Waals surface area contributed by atoms with E-state index in [1.807, 2.05) is 19.9 Å². The summed E-state index contributed by atoms with van der Waals surface area (Å²) >= 11 is 0. The molecule has 3 nitrogen and oxygen atoms in total. The van der Waals surface area contributed by atoms with E-state index in [0.717, 1.165) is 5.56 Å². The standard InChI is InChI=1S/C14H20FNO2/c1-10(2)6-12(14(17)18)9-16-8-11-4-3-5-13(15)7-11/h3-5,7,10,12,16H,6,8-9H2,1-2H3,(H,17,18). The number of rotatable bonds is 7. The van der Waals surface area contributed by atoms with Gasteiger partial charge in [0.2, 0.25) is 0 Å². The molecule has 0 aliphatic rings. The average Bonchev–Trinajstić information content (AvgIpc) is 2.27. The molecule has 4 heteroatoms. The molecule has 100 valence electrons. The highest BCUT2D eigenvalue weighted by Crippen LogP contribution is 2.11. The first kappa shape index (κ1) is 14.6. The number of aliphatic carboxylic acids is 1. The van der Waals surface area contributed by atoms with Crippen molar-refractivity contribution in [2.24, 2.45) is 11.8 Å². The van der Waals surface area contributed by atoms with Gasteiger partial charge < -0.3 is 10.4 Å². The second-order valence-electron chi connectivity index (χ2n) is 4.93. The van der Waals surface area contributed by atoms with Gasteiger partial charge in [-0.2, -0.15) is 0 Å². The Morgan fingerprint density at radius 1 is 1.44 bits per heavy atom. The van der Waals surface area contributed by atoms with Crippen LogP contribution in [0.4, 0.5) is 4.39 Å². The van der Waals surface area contributed by atoms with Gasteiger partial charge in [-0.25, -0.2) is 4.39 Å². The Hall–Kier alpha value is -1.42. The fourth-order valence-electron chi connectivity index (χ4n) is 1.88. The molecule has 0 aromatic heterocycles. The molecule has 1 aromatic carbocycles. The third kappa shape index (κ3) is 5.27. The van der Waals surface area contributed by atoms with E-state index in [1.165, 1.54) is 12.1 Å². The quantitative estimate of drug-likeness (QED) is 0.785. The second kappa shape index (κ2) is 7.11. The summed E-state index contributed by atoms with van der Waals surface area (Å²) < 4.78 is 12.9. The van der Waals surface area contributed by atoms with E-state index in [9.17, 15) is 9.18 Å². The van der Waals surface area contributed by atoms with E-state index in [2.05, 4.69) is 5.32 Å². The zero-order valence-electron chi connectivity index (χ0n) is 10.8. The Bertz CT molecular complexity index is 393. The topological polar surface area (TPSA) is 49.3 Å². The zero-order chi connectivity index (χ0) is 13.5. The number of nitrogens with one attached hydrogen (secondary N) is 1. The van der Waals surface area contributed by atoms with Crippen molar-refractivity contribution in [3.63, 3.8) is 0 Å². The van der Waals surface area contributed by atoms with Crippen LogP contribution in [-0.4, -0.2) is 17.6 Å². The SMILES string of the molecule is CC(C)CC(CNCc1cccc(F)c1)C(=O)O. The molecule has 18 heavy (non-hydrogen) atoms. The van der Waals surface area contributed by atoms with E-state index >= 15 is 0 Å². The lowest BCUT2D eigenvalue weighted by Gasteiger charge is -2.15. The number of halogens is 1. The van der Waals surface area contributed by atoms with Gasteiger partial charge in [-0.15, -0.1) is 0 Å². The first-order chi connectivity index (χ1) is 8.49. The van der Waals surface area contributed by atoms with Crippen molar-refractivity contribution in [2.75, 3.05) is 6.54 Å². The molecule has 0 aliphatic heterocycles. The highest BCUT2D eigenvalue weighted by molar-refractivity contribution is 5.70. The molecule has 1 atom stereocenters. The molecule has 0 saturated heterocycles. The molecule has 2 N–H and O–H groups in total. The third-order valence-corrected chi connectivity index (χ3v) is 2.71. The average molecular weight is 253 g/mol. The molecular formula is C14H20FNO2. The minimum Gasteiger partial charge on any atom is -0.481 e. The molecule has 0 radical (unpaired) electrons. The van der Waals surface area contributed by atoms with Crippen LogP contribution in [0.1, 0.15) is 25.8 Å². The van der Waals surface area contributed by atoms with Gasteiger partial charge in [0, 0.05) is 13.1 Å². The largest absolute Gasteiger partial charge is 0.481 e. The maximum absolute atomic E-state index is 12.9. The molecule has 1 unspecified atom stereocenters. The number of carboxylic acids is 1. The molecule has 0 fully saturated rings. The molecule has 0 spiro atoms. The van der Waals surface area contributed by atoms with Crippen molar-refractivity contribution in [3.8, 4) is 0 Å². The Balaban J connectivity index is 2.41. The van der Waals surface area contributed by atoms with Crippen LogP contribution in [0.5, 0.6) is 0 Å². The predicted octanol–water partition coefficient (Wildman–Crippen LogP) is 2.66. The van der Waals surface area contributed by atoms with Crippen molar-refractivity contribution in [1.82, 2.24) is 5.32 Å². The summed E-state index contributed by atoms with van der Waals surface area (Å²) in [5.41, 5.74) is 0.823. The van der Waals surface area contributed by atoms with E-state index in [0.29, 0.717) is 25.4 Å². The molecule has 0 saturated carbocycles. The van der Waals surface area contributed by atoms with Crippen LogP contribution in [0.15, 0.2) is 24.3 Å². The van der Waals surface area contributed by atoms with Gasteiger partial charge in [0.15, 0.2) is 0 Å². The van der Waals surface area contributed by atoms with Crippen LogP contribution in [-0.2, 0) is 11.3 Å². The van der Waals surface area contributed by atoms with Crippen molar-refractivity contribution in [3.05, 3.63) is 35.6 Å². The summed E-state index contributed by atoms with van der Waals surface area (Å²) in [6, 6.07) is 6.30. The molecule has 0 bridgehead atoms. The lowest BCUT2D eigenvalue weighted by atomic mass is 9.97. The Morgan fingerprint density at radius 3 is 2.72 bits per heavy atom. The van der Waals surface area contributed by atoms with Crippen molar-refractivity contribution < 1.29 is 14.3 Å². The first-order valence-electron chi connectivity index (χ1n) is 6.17. The first-order valence-corrected chi connectivity index (χ1v) is 6.17. The van der Waals surface area contributed by atoms with Crippen molar-refractivity contribution >= 4 is 5.97 Å². The zero-order valence-corrected chi connectivity index (χ0v) is 10.8. The maximum atomic E-state index is 12.9. The molecule has 0 amide bonds. The number of hydrogen-bond donors (Lipinski definition) is 2. The fourth-order valence-corrected chi connectivity index (χ4v) is 1.88. The van der Waals surface area contributed by atoms with E-state index < -0.39 is 11.9 Å². The van der Waals surface area contributed by atoms with Crippen LogP contribution in [0.25, 0.3) is 0 Å². The fraction of sp³-hybridized carbons (Fsp3) is 0.500. The lowest BCUT2D eigenvalue weighted by molar-refractivity contribution is -0.142. The molecule has 1 rings (SSSR count). The van der Waals surface area contributed by atoms with Crippen LogP contribution in [0.2, 0.25) is 0 Å². The third-order valence-electron chi connectivity index (χ3n) is 2.71. The van der Waals surface area contributed by atoms with Gasteiger partial charge in [-0.3, -0.25) is 4.79 Å². The van der Waals surface area contributed by atoms with Crippen LogP contribution in [0.3, 0.4) is 0 Å². The summed E-state index contributed by atoms with van der Waals surface area (Å²) in [4.78, 5) is 11.0. The molecule has 0 heterocycles. The Morgan fingerprint density at radius 2 is 2.17 bits per heavy atom. The summed E-state index contributed by atoms with van der Waals surface area (Å²) in [6.07, 6.45) is 0.644. The summed E-state index contributed by atoms with van der Waals surface area (Å²) in [5, 5.41) is 12.1. The van der Waals surface area contributed by atoms with Gasteiger partial charge in [0.25, 0.3) is 0 Å². The lowest BCUT2D eigenvalue weighted by Crippen LogP contribution is -2.29. The summed E-state index contributed by atoms with van der Waals surface area (Å²) in [6.45, 7) is 4.90. The minimum absolute atomic E-state index is 0.272. The number of carboxylic acid groups (broad SMARTS) is 1. The van der Waals surface area contributed by atoms with Crippen LogP contribution < -0.4 is 5.32 Å². The van der Waals surface area contributed by atoms with Gasteiger partial charge in [-0.05, 0) is 30.0 Å². The molecule has 0 aliphatic carbocycles. The highest BCUT2D eigenvalue weighted by atomic mass is 19.1. The predicted molar refractivity (Wildman–Crippen MR) is 68.7 cm³/mol. The van der Waals surface area contributed by atoms with E-state index in [1.54, 1.807) is 6.07 Å². The Labute approximate surface area is 107 Å². The number of carbonyl (C=O) groups is 1. The van der Waals surface area contributed by atoms with Gasteiger partial charge in [0.05, 0.1) is 5.92 Å². The van der Waals surface area contributed by atoms with Gasteiger partial charge >= 0.3 is 5.97 Å².